The summed E-state index contributed by atoms with van der Waals surface area (Å²) in [4.78, 5) is 28.4. The van der Waals surface area contributed by atoms with Crippen molar-refractivity contribution in [1.82, 2.24) is 10.3 Å². The number of nitrogens with two attached hydrogens (primary N) is 1. The van der Waals surface area contributed by atoms with E-state index in [-0.39, 0.29) is 13.0 Å². The number of aliphatic hydroxyl groups is 1. The molecule has 0 spiro atoms. The maximum Gasteiger partial charge on any atom is 0.337 e. The number of benzene rings is 2. The zero-order valence-corrected chi connectivity index (χ0v) is 18.3. The summed E-state index contributed by atoms with van der Waals surface area (Å²) in [5.74, 6) is -1.18. The lowest BCUT2D eigenvalue weighted by molar-refractivity contribution is -0.155. The predicted octanol–water partition coefficient (Wildman–Crippen LogP) is 2.47. The molecule has 2 aromatic carbocycles. The molecule has 1 unspecified atom stereocenters. The minimum Gasteiger partial charge on any atom is -0.464 e. The monoisotopic (exact) mass is 437 g/mol. The largest absolute Gasteiger partial charge is 0.464 e. The van der Waals surface area contributed by atoms with Gasteiger partial charge in [-0.3, -0.25) is 4.79 Å². The highest BCUT2D eigenvalue weighted by Gasteiger charge is 2.31. The van der Waals surface area contributed by atoms with Crippen LogP contribution in [-0.4, -0.2) is 46.8 Å². The Morgan fingerprint density at radius 3 is 2.56 bits per heavy atom. The molecule has 0 fully saturated rings. The van der Waals surface area contributed by atoms with Gasteiger partial charge in [-0.2, -0.15) is 0 Å². The van der Waals surface area contributed by atoms with E-state index >= 15 is 0 Å². The number of aromatic amines is 1. The summed E-state index contributed by atoms with van der Waals surface area (Å²) in [5.41, 5.74) is 8.87. The second-order valence-corrected chi connectivity index (χ2v) is 7.94. The molecule has 7 nitrogen and oxygen atoms in total. The summed E-state index contributed by atoms with van der Waals surface area (Å²) >= 11 is 0. The molecule has 0 aliphatic rings. The number of unbranched alkanes of at least 4 members (excludes halogenated alkanes) is 1. The highest BCUT2D eigenvalue weighted by atomic mass is 16.5. The van der Waals surface area contributed by atoms with Crippen LogP contribution in [0.5, 0.6) is 0 Å². The van der Waals surface area contributed by atoms with Gasteiger partial charge in [0.25, 0.3) is 0 Å². The standard InChI is InChI=1S/C25H31N3O4/c1-2-3-13-32-25(31)23(29)22(15-18-16-27-21-12-8-7-11-19(18)21)28-24(30)20(26)14-17-9-5-4-6-10-17/h4-12,16,20,22-23,27,29H,2-3,13-15,26H2,1H3,(H,28,30)/t20-,22-,23?/m0/s1. The number of aromatic nitrogens is 1. The van der Waals surface area contributed by atoms with Crippen LogP contribution in [0.25, 0.3) is 10.9 Å². The Bertz CT molecular complexity index is 1020. The van der Waals surface area contributed by atoms with Gasteiger partial charge < -0.3 is 25.9 Å². The van der Waals surface area contributed by atoms with Gasteiger partial charge in [-0.05, 0) is 36.5 Å². The Labute approximate surface area is 188 Å². The van der Waals surface area contributed by atoms with Crippen molar-refractivity contribution >= 4 is 22.8 Å². The number of hydrogen-bond donors (Lipinski definition) is 4. The van der Waals surface area contributed by atoms with Crippen LogP contribution in [0.2, 0.25) is 0 Å². The molecule has 3 rings (SSSR count). The van der Waals surface area contributed by atoms with E-state index in [9.17, 15) is 14.7 Å². The van der Waals surface area contributed by atoms with Crippen LogP contribution in [0.1, 0.15) is 30.9 Å². The molecule has 0 saturated carbocycles. The first-order valence-corrected chi connectivity index (χ1v) is 11.0. The number of carbonyl (C=O) groups is 2. The number of amides is 1. The number of fused-ring (bicyclic) bond motifs is 1. The molecule has 0 bridgehead atoms. The molecule has 1 aromatic heterocycles. The molecule has 170 valence electrons. The minimum absolute atomic E-state index is 0.230. The Hall–Kier alpha value is -3.16. The smallest absolute Gasteiger partial charge is 0.337 e. The van der Waals surface area contributed by atoms with E-state index in [0.717, 1.165) is 28.5 Å². The Morgan fingerprint density at radius 2 is 1.81 bits per heavy atom. The highest BCUT2D eigenvalue weighted by molar-refractivity contribution is 5.85. The fraction of sp³-hybridized carbons (Fsp3) is 0.360. The van der Waals surface area contributed by atoms with Crippen molar-refractivity contribution in [3.8, 4) is 0 Å². The van der Waals surface area contributed by atoms with Crippen molar-refractivity contribution in [3.63, 3.8) is 0 Å². The number of ether oxygens (including phenoxy) is 1. The molecule has 1 heterocycles. The predicted molar refractivity (Wildman–Crippen MR) is 124 cm³/mol. The fourth-order valence-electron chi connectivity index (χ4n) is 3.60. The van der Waals surface area contributed by atoms with Crippen molar-refractivity contribution in [2.24, 2.45) is 5.73 Å². The lowest BCUT2D eigenvalue weighted by Gasteiger charge is -2.24. The van der Waals surface area contributed by atoms with Gasteiger partial charge in [0.05, 0.1) is 18.7 Å². The average Bonchev–Trinajstić information content (AvgIpc) is 3.21. The summed E-state index contributed by atoms with van der Waals surface area (Å²) in [6.45, 7) is 2.21. The number of hydrogen-bond acceptors (Lipinski definition) is 5. The van der Waals surface area contributed by atoms with Crippen molar-refractivity contribution in [1.29, 1.82) is 0 Å². The van der Waals surface area contributed by atoms with E-state index in [4.69, 9.17) is 10.5 Å². The maximum atomic E-state index is 12.8. The molecule has 5 N–H and O–H groups in total. The fourth-order valence-corrected chi connectivity index (χ4v) is 3.60. The van der Waals surface area contributed by atoms with Crippen molar-refractivity contribution in [2.75, 3.05) is 6.61 Å². The summed E-state index contributed by atoms with van der Waals surface area (Å²) in [6, 6.07) is 15.5. The molecule has 0 aliphatic carbocycles. The molecule has 0 aliphatic heterocycles. The van der Waals surface area contributed by atoms with E-state index in [1.54, 1.807) is 0 Å². The number of H-pyrrole nitrogens is 1. The van der Waals surface area contributed by atoms with E-state index in [1.807, 2.05) is 67.7 Å². The third kappa shape index (κ3) is 6.18. The van der Waals surface area contributed by atoms with Gasteiger partial charge in [0.15, 0.2) is 6.10 Å². The van der Waals surface area contributed by atoms with E-state index in [0.29, 0.717) is 12.8 Å². The molecule has 3 atom stereocenters. The Balaban J connectivity index is 1.74. The summed E-state index contributed by atoms with van der Waals surface area (Å²) in [7, 11) is 0. The molecule has 32 heavy (non-hydrogen) atoms. The zero-order chi connectivity index (χ0) is 22.9. The van der Waals surface area contributed by atoms with Crippen molar-refractivity contribution in [2.45, 2.75) is 50.8 Å². The van der Waals surface area contributed by atoms with Crippen LogP contribution < -0.4 is 11.1 Å². The Morgan fingerprint density at radius 1 is 1.09 bits per heavy atom. The molecule has 0 radical (unpaired) electrons. The second-order valence-electron chi connectivity index (χ2n) is 7.94. The second kappa shape index (κ2) is 11.5. The Kier molecular flexibility index (Phi) is 8.41. The summed E-state index contributed by atoms with van der Waals surface area (Å²) in [6.07, 6.45) is 2.49. The number of carbonyl (C=O) groups excluding carboxylic acids is 2. The maximum absolute atomic E-state index is 12.8. The molecular formula is C25H31N3O4. The lowest BCUT2D eigenvalue weighted by Crippen LogP contribution is -2.53. The van der Waals surface area contributed by atoms with Gasteiger partial charge in [-0.15, -0.1) is 0 Å². The highest BCUT2D eigenvalue weighted by Crippen LogP contribution is 2.20. The van der Waals surface area contributed by atoms with Crippen LogP contribution in [-0.2, 0) is 27.2 Å². The van der Waals surface area contributed by atoms with Crippen molar-refractivity contribution < 1.29 is 19.4 Å². The van der Waals surface area contributed by atoms with Gasteiger partial charge in [-0.1, -0.05) is 61.9 Å². The lowest BCUT2D eigenvalue weighted by atomic mass is 9.99. The summed E-state index contributed by atoms with van der Waals surface area (Å²) < 4.78 is 5.19. The van der Waals surface area contributed by atoms with Gasteiger partial charge in [-0.25, -0.2) is 4.79 Å². The first-order valence-electron chi connectivity index (χ1n) is 11.0. The average molecular weight is 438 g/mol. The van der Waals surface area contributed by atoms with Crippen LogP contribution in [0.15, 0.2) is 60.8 Å². The summed E-state index contributed by atoms with van der Waals surface area (Å²) in [5, 5.41) is 14.5. The van der Waals surface area contributed by atoms with Gasteiger partial charge in [0.1, 0.15) is 0 Å². The van der Waals surface area contributed by atoms with E-state index < -0.39 is 30.1 Å². The minimum atomic E-state index is -1.51. The molecular weight excluding hydrogens is 406 g/mol. The number of esters is 1. The molecule has 0 saturated heterocycles. The quantitative estimate of drug-likeness (QED) is 0.272. The van der Waals surface area contributed by atoms with E-state index in [2.05, 4.69) is 10.3 Å². The van der Waals surface area contributed by atoms with Crippen LogP contribution in [0.3, 0.4) is 0 Å². The molecule has 7 heteroatoms. The third-order valence-corrected chi connectivity index (χ3v) is 5.44. The van der Waals surface area contributed by atoms with Crippen LogP contribution in [0.4, 0.5) is 0 Å². The number of rotatable bonds is 11. The first-order chi connectivity index (χ1) is 15.5. The normalized spacial score (nSPS) is 14.0. The number of aliphatic hydroxyl groups excluding tert-OH is 1. The topological polar surface area (TPSA) is 117 Å². The number of nitrogens with one attached hydrogen (secondary N) is 2. The van der Waals surface area contributed by atoms with Gasteiger partial charge >= 0.3 is 5.97 Å². The van der Waals surface area contributed by atoms with Gasteiger partial charge in [0, 0.05) is 17.1 Å². The van der Waals surface area contributed by atoms with Crippen LogP contribution in [0, 0.1) is 0 Å². The first kappa shape index (κ1) is 23.5. The van der Waals surface area contributed by atoms with E-state index in [1.165, 1.54) is 0 Å². The molecule has 3 aromatic rings. The van der Waals surface area contributed by atoms with Gasteiger partial charge in [0.2, 0.25) is 5.91 Å². The molecule has 1 amide bonds. The zero-order valence-electron chi connectivity index (χ0n) is 18.3. The third-order valence-electron chi connectivity index (χ3n) is 5.44. The van der Waals surface area contributed by atoms with Crippen molar-refractivity contribution in [3.05, 3.63) is 71.9 Å². The SMILES string of the molecule is CCCCOC(=O)C(O)[C@H](Cc1c[nH]c2ccccc12)NC(=O)[C@@H](N)Cc1ccccc1. The van der Waals surface area contributed by atoms with Crippen LogP contribution >= 0.6 is 0 Å². The number of para-hydroxylation sites is 1.